The minimum Gasteiger partial charge on any atom is -0.437 e. The number of nitrogen functional groups attached to an aromatic ring is 1. The topological polar surface area (TPSA) is 61.0 Å². The lowest BCUT2D eigenvalue weighted by molar-refractivity contribution is 0.462. The second-order valence-corrected chi connectivity index (χ2v) is 3.67. The molecule has 0 saturated heterocycles. The van der Waals surface area contributed by atoms with Gasteiger partial charge in [0.2, 0.25) is 5.88 Å². The monoisotopic (exact) mass is 235 g/mol. The fourth-order valence-corrected chi connectivity index (χ4v) is 1.29. The summed E-state index contributed by atoms with van der Waals surface area (Å²) in [5.41, 5.74) is 6.69. The van der Waals surface area contributed by atoms with Gasteiger partial charge in [-0.15, -0.1) is 0 Å². The van der Waals surface area contributed by atoms with E-state index in [0.717, 1.165) is 5.56 Å². The molecule has 0 aliphatic rings. The molecule has 2 rings (SSSR count). The third kappa shape index (κ3) is 2.23. The molecule has 0 atom stereocenters. The summed E-state index contributed by atoms with van der Waals surface area (Å²) in [4.78, 5) is 7.66. The molecule has 0 spiro atoms. The Labute approximate surface area is 98.0 Å². The number of hydrogen-bond donors (Lipinski definition) is 1. The molecule has 0 unspecified atom stereocenters. The maximum atomic E-state index is 5.90. The molecular formula is C11H10ClN3O. The van der Waals surface area contributed by atoms with Crippen molar-refractivity contribution in [1.29, 1.82) is 0 Å². The van der Waals surface area contributed by atoms with Gasteiger partial charge in [-0.3, -0.25) is 0 Å². The highest BCUT2D eigenvalue weighted by Gasteiger charge is 2.08. The Bertz CT molecular complexity index is 499. The molecule has 2 aromatic rings. The van der Waals surface area contributed by atoms with Crippen LogP contribution in [0, 0.1) is 6.92 Å². The van der Waals surface area contributed by atoms with Crippen LogP contribution in [0.25, 0.3) is 0 Å². The Morgan fingerprint density at radius 1 is 1.19 bits per heavy atom. The van der Waals surface area contributed by atoms with Gasteiger partial charge >= 0.3 is 0 Å². The summed E-state index contributed by atoms with van der Waals surface area (Å²) in [5, 5.41) is 0.225. The summed E-state index contributed by atoms with van der Waals surface area (Å²) in [6.07, 6.45) is 1.31. The van der Waals surface area contributed by atoms with Crippen molar-refractivity contribution in [2.75, 3.05) is 5.73 Å². The molecule has 5 heteroatoms. The van der Waals surface area contributed by atoms with Crippen molar-refractivity contribution >= 4 is 17.4 Å². The molecule has 16 heavy (non-hydrogen) atoms. The Morgan fingerprint density at radius 2 is 1.88 bits per heavy atom. The van der Waals surface area contributed by atoms with E-state index in [-0.39, 0.29) is 16.7 Å². The first-order valence-corrected chi connectivity index (χ1v) is 5.05. The van der Waals surface area contributed by atoms with Crippen LogP contribution < -0.4 is 10.5 Å². The smallest absolute Gasteiger partial charge is 0.243 e. The van der Waals surface area contributed by atoms with Gasteiger partial charge in [-0.05, 0) is 19.1 Å². The Morgan fingerprint density at radius 3 is 2.56 bits per heavy atom. The zero-order valence-electron chi connectivity index (χ0n) is 8.64. The number of aryl methyl sites for hydroxylation is 1. The van der Waals surface area contributed by atoms with E-state index < -0.39 is 0 Å². The fourth-order valence-electron chi connectivity index (χ4n) is 1.16. The van der Waals surface area contributed by atoms with Crippen LogP contribution in [0.1, 0.15) is 5.56 Å². The van der Waals surface area contributed by atoms with Gasteiger partial charge in [0.25, 0.3) is 0 Å². The largest absolute Gasteiger partial charge is 0.437 e. The number of rotatable bonds is 2. The van der Waals surface area contributed by atoms with Gasteiger partial charge < -0.3 is 10.5 Å². The predicted octanol–water partition coefficient (Wildman–Crippen LogP) is 2.81. The van der Waals surface area contributed by atoms with Gasteiger partial charge in [0.15, 0.2) is 0 Å². The molecule has 0 aliphatic carbocycles. The van der Waals surface area contributed by atoms with Gasteiger partial charge in [-0.1, -0.05) is 29.3 Å². The number of nitrogens with two attached hydrogens (primary N) is 1. The SMILES string of the molecule is Cc1ccc(Oc2ncnc(N)c2Cl)cc1. The van der Waals surface area contributed by atoms with Gasteiger partial charge in [0, 0.05) is 0 Å². The number of hydrogen-bond acceptors (Lipinski definition) is 4. The number of nitrogens with zero attached hydrogens (tertiary/aromatic N) is 2. The summed E-state index contributed by atoms with van der Waals surface area (Å²) < 4.78 is 5.48. The average molecular weight is 236 g/mol. The highest BCUT2D eigenvalue weighted by atomic mass is 35.5. The number of aromatic nitrogens is 2. The second kappa shape index (κ2) is 4.37. The van der Waals surface area contributed by atoms with Crippen LogP contribution in [0.15, 0.2) is 30.6 Å². The van der Waals surface area contributed by atoms with Crippen LogP contribution in [0.4, 0.5) is 5.82 Å². The predicted molar refractivity (Wildman–Crippen MR) is 62.7 cm³/mol. The van der Waals surface area contributed by atoms with Crippen molar-refractivity contribution in [3.05, 3.63) is 41.2 Å². The Balaban J connectivity index is 2.27. The highest BCUT2D eigenvalue weighted by Crippen LogP contribution is 2.29. The standard InChI is InChI=1S/C11H10ClN3O/c1-7-2-4-8(5-3-7)16-11-9(12)10(13)14-6-15-11/h2-6H,1H3,(H2,13,14,15). The lowest BCUT2D eigenvalue weighted by atomic mass is 10.2. The van der Waals surface area contributed by atoms with E-state index in [2.05, 4.69) is 9.97 Å². The van der Waals surface area contributed by atoms with E-state index in [1.165, 1.54) is 6.33 Å². The van der Waals surface area contributed by atoms with Crippen molar-refractivity contribution in [3.8, 4) is 11.6 Å². The molecule has 4 nitrogen and oxygen atoms in total. The summed E-state index contributed by atoms with van der Waals surface area (Å²) >= 11 is 5.90. The van der Waals surface area contributed by atoms with Crippen LogP contribution in [0.3, 0.4) is 0 Å². The van der Waals surface area contributed by atoms with E-state index in [4.69, 9.17) is 22.1 Å². The second-order valence-electron chi connectivity index (χ2n) is 3.29. The Hall–Kier alpha value is -1.81. The van der Waals surface area contributed by atoms with Crippen molar-refractivity contribution in [2.24, 2.45) is 0 Å². The van der Waals surface area contributed by atoms with Crippen molar-refractivity contribution in [1.82, 2.24) is 9.97 Å². The van der Waals surface area contributed by atoms with Crippen molar-refractivity contribution in [2.45, 2.75) is 6.92 Å². The number of halogens is 1. The summed E-state index contributed by atoms with van der Waals surface area (Å²) in [6.45, 7) is 2.00. The molecule has 0 fully saturated rings. The highest BCUT2D eigenvalue weighted by molar-refractivity contribution is 6.34. The van der Waals surface area contributed by atoms with Crippen molar-refractivity contribution < 1.29 is 4.74 Å². The van der Waals surface area contributed by atoms with Crippen LogP contribution in [-0.2, 0) is 0 Å². The lowest BCUT2D eigenvalue weighted by Crippen LogP contribution is -1.96. The quantitative estimate of drug-likeness (QED) is 0.870. The normalized spacial score (nSPS) is 10.1. The third-order valence-electron chi connectivity index (χ3n) is 2.02. The summed E-state index contributed by atoms with van der Waals surface area (Å²) in [7, 11) is 0. The van der Waals surface area contributed by atoms with E-state index in [1.54, 1.807) is 0 Å². The minimum absolute atomic E-state index is 0.207. The molecule has 0 radical (unpaired) electrons. The first-order valence-electron chi connectivity index (χ1n) is 4.67. The van der Waals surface area contributed by atoms with E-state index in [9.17, 15) is 0 Å². The van der Waals surface area contributed by atoms with Crippen LogP contribution >= 0.6 is 11.6 Å². The van der Waals surface area contributed by atoms with Crippen LogP contribution in [0.5, 0.6) is 11.6 Å². The average Bonchev–Trinajstić information content (AvgIpc) is 2.28. The molecule has 82 valence electrons. The summed E-state index contributed by atoms with van der Waals surface area (Å²) in [6, 6.07) is 7.55. The number of ether oxygens (including phenoxy) is 1. The van der Waals surface area contributed by atoms with Crippen LogP contribution in [0.2, 0.25) is 5.02 Å². The first kappa shape index (κ1) is 10.7. The zero-order valence-corrected chi connectivity index (χ0v) is 9.40. The van der Waals surface area contributed by atoms with E-state index in [1.807, 2.05) is 31.2 Å². The molecule has 0 aliphatic heterocycles. The molecule has 1 aromatic carbocycles. The fraction of sp³-hybridized carbons (Fsp3) is 0.0909. The molecule has 0 saturated carbocycles. The first-order chi connectivity index (χ1) is 7.66. The summed E-state index contributed by atoms with van der Waals surface area (Å²) in [5.74, 6) is 1.13. The third-order valence-corrected chi connectivity index (χ3v) is 2.38. The molecule has 1 aromatic heterocycles. The van der Waals surface area contributed by atoms with E-state index in [0.29, 0.717) is 5.75 Å². The minimum atomic E-state index is 0.207. The van der Waals surface area contributed by atoms with Gasteiger partial charge in [0.1, 0.15) is 22.9 Å². The van der Waals surface area contributed by atoms with E-state index >= 15 is 0 Å². The Kier molecular flexibility index (Phi) is 2.92. The molecule has 2 N–H and O–H groups in total. The van der Waals surface area contributed by atoms with Gasteiger partial charge in [-0.2, -0.15) is 4.98 Å². The molecule has 1 heterocycles. The van der Waals surface area contributed by atoms with Crippen LogP contribution in [-0.4, -0.2) is 9.97 Å². The lowest BCUT2D eigenvalue weighted by Gasteiger charge is -2.06. The molecule has 0 bridgehead atoms. The maximum Gasteiger partial charge on any atom is 0.243 e. The zero-order chi connectivity index (χ0) is 11.5. The maximum absolute atomic E-state index is 5.90. The number of anilines is 1. The van der Waals surface area contributed by atoms with Crippen molar-refractivity contribution in [3.63, 3.8) is 0 Å². The van der Waals surface area contributed by atoms with Gasteiger partial charge in [-0.25, -0.2) is 4.98 Å². The molecule has 0 amide bonds. The molecular weight excluding hydrogens is 226 g/mol. The van der Waals surface area contributed by atoms with Gasteiger partial charge in [0.05, 0.1) is 0 Å². The number of benzene rings is 1.